The van der Waals surface area contributed by atoms with Gasteiger partial charge in [-0.05, 0) is 43.3 Å². The van der Waals surface area contributed by atoms with Crippen LogP contribution in [0.1, 0.15) is 28.9 Å². The molecular weight excluding hydrogens is 404 g/mol. The average Bonchev–Trinajstić information content (AvgIpc) is 2.66. The van der Waals surface area contributed by atoms with Crippen LogP contribution in [0, 0.1) is 0 Å². The summed E-state index contributed by atoms with van der Waals surface area (Å²) in [6.45, 7) is 1.80. The highest BCUT2D eigenvalue weighted by Crippen LogP contribution is 2.30. The minimum Gasteiger partial charge on any atom is -0.497 e. The zero-order valence-corrected chi connectivity index (χ0v) is 17.9. The molecule has 0 aliphatic rings. The lowest BCUT2D eigenvalue weighted by atomic mass is 10.1. The number of halogens is 1. The lowest BCUT2D eigenvalue weighted by Crippen LogP contribution is -2.28. The van der Waals surface area contributed by atoms with Gasteiger partial charge in [-0.25, -0.2) is 8.42 Å². The zero-order valence-electron chi connectivity index (χ0n) is 16.3. The molecule has 28 heavy (non-hydrogen) atoms. The molecule has 152 valence electrons. The number of nitrogens with one attached hydrogen (secondary N) is 1. The van der Waals surface area contributed by atoms with E-state index in [1.165, 1.54) is 25.2 Å². The molecule has 1 amide bonds. The van der Waals surface area contributed by atoms with E-state index in [0.717, 1.165) is 16.1 Å². The Hall–Kier alpha value is -2.45. The maximum absolute atomic E-state index is 12.8. The Kier molecular flexibility index (Phi) is 6.79. The van der Waals surface area contributed by atoms with Crippen LogP contribution in [0.25, 0.3) is 0 Å². The van der Waals surface area contributed by atoms with Crippen molar-refractivity contribution in [2.45, 2.75) is 13.0 Å². The van der Waals surface area contributed by atoms with Gasteiger partial charge < -0.3 is 14.8 Å². The van der Waals surface area contributed by atoms with Crippen molar-refractivity contribution in [3.8, 4) is 11.5 Å². The van der Waals surface area contributed by atoms with Crippen LogP contribution in [0.15, 0.2) is 36.4 Å². The fourth-order valence-corrected chi connectivity index (χ4v) is 3.30. The summed E-state index contributed by atoms with van der Waals surface area (Å²) in [4.78, 5) is 12.8. The molecule has 0 radical (unpaired) electrons. The maximum Gasteiger partial charge on any atom is 0.253 e. The lowest BCUT2D eigenvalue weighted by molar-refractivity contribution is 0.0939. The van der Waals surface area contributed by atoms with E-state index in [-0.39, 0.29) is 10.6 Å². The van der Waals surface area contributed by atoms with Gasteiger partial charge >= 0.3 is 0 Å². The molecule has 1 atom stereocenters. The highest BCUT2D eigenvalue weighted by Gasteiger charge is 2.20. The maximum atomic E-state index is 12.8. The molecule has 0 aliphatic carbocycles. The molecular formula is C19H23ClN2O5S. The van der Waals surface area contributed by atoms with Gasteiger partial charge in [-0.1, -0.05) is 11.6 Å². The molecule has 1 N–H and O–H groups in total. The monoisotopic (exact) mass is 426 g/mol. The third-order valence-corrected chi connectivity index (χ3v) is 5.84. The first kappa shape index (κ1) is 21.8. The highest BCUT2D eigenvalue weighted by molar-refractivity contribution is 7.92. The first-order valence-corrected chi connectivity index (χ1v) is 10.6. The van der Waals surface area contributed by atoms with Crippen LogP contribution in [-0.2, 0) is 10.0 Å². The minimum absolute atomic E-state index is 0.170. The summed E-state index contributed by atoms with van der Waals surface area (Å²) in [5.74, 6) is 0.795. The average molecular weight is 427 g/mol. The Morgan fingerprint density at radius 3 is 2.39 bits per heavy atom. The molecule has 0 saturated carbocycles. The van der Waals surface area contributed by atoms with Gasteiger partial charge in [-0.2, -0.15) is 0 Å². The first-order chi connectivity index (χ1) is 13.1. The second-order valence-electron chi connectivity index (χ2n) is 6.20. The molecule has 0 aliphatic heterocycles. The molecule has 0 unspecified atom stereocenters. The Bertz CT molecular complexity index is 978. The van der Waals surface area contributed by atoms with Crippen LogP contribution in [0.2, 0.25) is 5.02 Å². The van der Waals surface area contributed by atoms with Crippen LogP contribution in [0.3, 0.4) is 0 Å². The standard InChI is InChI=1S/C19H23ClN2O5S/c1-12(15-11-14(26-3)7-9-18(15)27-4)21-19(23)16-10-13(6-8-17(16)20)22(2)28(5,24)25/h6-12H,1-5H3,(H,21,23)/t12-/m1/s1. The van der Waals surface area contributed by atoms with Crippen LogP contribution in [-0.4, -0.2) is 41.8 Å². The van der Waals surface area contributed by atoms with Crippen molar-refractivity contribution in [1.29, 1.82) is 0 Å². The third-order valence-electron chi connectivity index (χ3n) is 4.31. The van der Waals surface area contributed by atoms with Crippen LogP contribution < -0.4 is 19.1 Å². The number of anilines is 1. The summed E-state index contributed by atoms with van der Waals surface area (Å²) >= 11 is 6.17. The van der Waals surface area contributed by atoms with Crippen LogP contribution in [0.5, 0.6) is 11.5 Å². The summed E-state index contributed by atoms with van der Waals surface area (Å²) in [6.07, 6.45) is 1.08. The second-order valence-corrected chi connectivity index (χ2v) is 8.62. The molecule has 0 heterocycles. The van der Waals surface area contributed by atoms with E-state index < -0.39 is 22.0 Å². The second kappa shape index (κ2) is 8.70. The molecule has 0 aromatic heterocycles. The molecule has 0 spiro atoms. The van der Waals surface area contributed by atoms with Gasteiger partial charge in [0.15, 0.2) is 0 Å². The Balaban J connectivity index is 2.32. The summed E-state index contributed by atoms with van der Waals surface area (Å²) in [6, 6.07) is 9.35. The Morgan fingerprint density at radius 2 is 1.82 bits per heavy atom. The molecule has 2 rings (SSSR count). The van der Waals surface area contributed by atoms with Crippen molar-refractivity contribution in [2.75, 3.05) is 31.8 Å². The number of nitrogens with zero attached hydrogens (tertiary/aromatic N) is 1. The molecule has 0 fully saturated rings. The van der Waals surface area contributed by atoms with Crippen molar-refractivity contribution >= 4 is 33.2 Å². The topological polar surface area (TPSA) is 84.9 Å². The number of carbonyl (C=O) groups is 1. The number of benzene rings is 2. The summed E-state index contributed by atoms with van der Waals surface area (Å²) in [5.41, 5.74) is 1.24. The van der Waals surface area contributed by atoms with Gasteiger partial charge in [0.2, 0.25) is 10.0 Å². The molecule has 0 bridgehead atoms. The number of methoxy groups -OCH3 is 2. The number of carbonyl (C=O) groups excluding carboxylic acids is 1. The Labute approximate surface area is 170 Å². The van der Waals surface area contributed by atoms with E-state index in [0.29, 0.717) is 17.2 Å². The van der Waals surface area contributed by atoms with Crippen molar-refractivity contribution < 1.29 is 22.7 Å². The van der Waals surface area contributed by atoms with Crippen LogP contribution >= 0.6 is 11.6 Å². The highest BCUT2D eigenvalue weighted by atomic mass is 35.5. The van der Waals surface area contributed by atoms with E-state index in [1.54, 1.807) is 39.3 Å². The number of sulfonamides is 1. The quantitative estimate of drug-likeness (QED) is 0.734. The smallest absolute Gasteiger partial charge is 0.253 e. The number of hydrogen-bond acceptors (Lipinski definition) is 5. The fraction of sp³-hybridized carbons (Fsp3) is 0.316. The van der Waals surface area contributed by atoms with E-state index >= 15 is 0 Å². The number of amides is 1. The Morgan fingerprint density at radius 1 is 1.14 bits per heavy atom. The zero-order chi connectivity index (χ0) is 21.1. The third kappa shape index (κ3) is 4.88. The number of hydrogen-bond donors (Lipinski definition) is 1. The molecule has 0 saturated heterocycles. The van der Waals surface area contributed by atoms with E-state index in [2.05, 4.69) is 5.32 Å². The summed E-state index contributed by atoms with van der Waals surface area (Å²) in [5, 5.41) is 3.07. The molecule has 2 aromatic rings. The first-order valence-electron chi connectivity index (χ1n) is 8.34. The van der Waals surface area contributed by atoms with Gasteiger partial charge in [0.25, 0.3) is 5.91 Å². The van der Waals surface area contributed by atoms with Crippen LogP contribution in [0.4, 0.5) is 5.69 Å². The fourth-order valence-electron chi connectivity index (χ4n) is 2.60. The molecule has 9 heteroatoms. The predicted molar refractivity (Wildman–Crippen MR) is 110 cm³/mol. The van der Waals surface area contributed by atoms with Crippen molar-refractivity contribution in [1.82, 2.24) is 5.32 Å². The van der Waals surface area contributed by atoms with Gasteiger partial charge in [-0.15, -0.1) is 0 Å². The van der Waals surface area contributed by atoms with Gasteiger partial charge in [0.05, 0.1) is 42.8 Å². The SMILES string of the molecule is COc1ccc(OC)c([C@@H](C)NC(=O)c2cc(N(C)S(C)(=O)=O)ccc2Cl)c1. The van der Waals surface area contributed by atoms with Gasteiger partial charge in [-0.3, -0.25) is 9.10 Å². The minimum atomic E-state index is -3.47. The largest absolute Gasteiger partial charge is 0.497 e. The lowest BCUT2D eigenvalue weighted by Gasteiger charge is -2.20. The van der Waals surface area contributed by atoms with E-state index in [1.807, 2.05) is 0 Å². The normalized spacial score (nSPS) is 12.2. The van der Waals surface area contributed by atoms with Gasteiger partial charge in [0, 0.05) is 12.6 Å². The molecule has 2 aromatic carbocycles. The van der Waals surface area contributed by atoms with Crippen molar-refractivity contribution in [3.05, 3.63) is 52.5 Å². The predicted octanol–water partition coefficient (Wildman–Crippen LogP) is 3.24. The number of rotatable bonds is 7. The van der Waals surface area contributed by atoms with Crippen molar-refractivity contribution in [3.63, 3.8) is 0 Å². The summed E-state index contributed by atoms with van der Waals surface area (Å²) < 4.78 is 35.2. The number of ether oxygens (including phenoxy) is 2. The summed E-state index contributed by atoms with van der Waals surface area (Å²) in [7, 11) is 1.04. The van der Waals surface area contributed by atoms with Gasteiger partial charge in [0.1, 0.15) is 11.5 Å². The van der Waals surface area contributed by atoms with E-state index in [4.69, 9.17) is 21.1 Å². The van der Waals surface area contributed by atoms with Crippen molar-refractivity contribution in [2.24, 2.45) is 0 Å². The molecule has 7 nitrogen and oxygen atoms in total. The van der Waals surface area contributed by atoms with E-state index in [9.17, 15) is 13.2 Å².